The topological polar surface area (TPSA) is 86.2 Å². The average molecular weight is 218 g/mol. The number of aromatic amines is 1. The zero-order valence-corrected chi connectivity index (χ0v) is 8.56. The van der Waals surface area contributed by atoms with E-state index in [1.165, 1.54) is 12.4 Å². The fourth-order valence-electron chi connectivity index (χ4n) is 1.51. The van der Waals surface area contributed by atoms with Crippen LogP contribution in [0, 0.1) is 6.92 Å². The monoisotopic (exact) mass is 218 g/mol. The van der Waals surface area contributed by atoms with Gasteiger partial charge >= 0.3 is 5.97 Å². The molecular weight excluding hydrogens is 208 g/mol. The molecule has 0 aliphatic rings. The minimum atomic E-state index is -1.15. The van der Waals surface area contributed by atoms with Gasteiger partial charge in [-0.2, -0.15) is 0 Å². The Kier molecular flexibility index (Phi) is 2.36. The summed E-state index contributed by atoms with van der Waals surface area (Å²) in [6, 6.07) is 3.12. The van der Waals surface area contributed by atoms with Crippen LogP contribution in [-0.2, 0) is 0 Å². The quantitative estimate of drug-likeness (QED) is 0.717. The summed E-state index contributed by atoms with van der Waals surface area (Å²) in [5.41, 5.74) is 1.81. The van der Waals surface area contributed by atoms with Gasteiger partial charge in [0.2, 0.25) is 0 Å². The summed E-state index contributed by atoms with van der Waals surface area (Å²) in [6.45, 7) is 1.65. The highest BCUT2D eigenvalue weighted by Gasteiger charge is 2.14. The van der Waals surface area contributed by atoms with E-state index in [1.54, 1.807) is 19.2 Å². The van der Waals surface area contributed by atoms with Crippen molar-refractivity contribution in [2.24, 2.45) is 0 Å². The molecule has 0 atom stereocenters. The van der Waals surface area contributed by atoms with Crippen LogP contribution >= 0.6 is 0 Å². The Labute approximate surface area is 91.4 Å². The number of rotatable bonds is 2. The van der Waals surface area contributed by atoms with Crippen molar-refractivity contribution < 1.29 is 15.0 Å². The normalized spacial score (nSPS) is 10.3. The summed E-state index contributed by atoms with van der Waals surface area (Å²) < 4.78 is 0. The van der Waals surface area contributed by atoms with Crippen molar-refractivity contribution in [3.8, 4) is 17.0 Å². The molecule has 3 N–H and O–H groups in total. The van der Waals surface area contributed by atoms with Gasteiger partial charge in [-0.3, -0.25) is 0 Å². The molecule has 16 heavy (non-hydrogen) atoms. The Bertz CT molecular complexity index is 532. The SMILES string of the molecule is Cc1cc(-c2cnc[nH]2)cc(C(=O)O)c1O. The molecule has 0 unspecified atom stereocenters. The lowest BCUT2D eigenvalue weighted by Gasteiger charge is -2.06. The summed E-state index contributed by atoms with van der Waals surface area (Å²) in [7, 11) is 0. The number of carboxylic acid groups (broad SMARTS) is 1. The van der Waals surface area contributed by atoms with Gasteiger partial charge in [-0.1, -0.05) is 0 Å². The van der Waals surface area contributed by atoms with Gasteiger partial charge in [-0.25, -0.2) is 9.78 Å². The zero-order chi connectivity index (χ0) is 11.7. The zero-order valence-electron chi connectivity index (χ0n) is 8.56. The summed E-state index contributed by atoms with van der Waals surface area (Å²) >= 11 is 0. The van der Waals surface area contributed by atoms with Crippen LogP contribution in [0.15, 0.2) is 24.7 Å². The summed E-state index contributed by atoms with van der Waals surface area (Å²) in [6.07, 6.45) is 3.11. The van der Waals surface area contributed by atoms with Crippen LogP contribution in [0.3, 0.4) is 0 Å². The van der Waals surface area contributed by atoms with E-state index in [-0.39, 0.29) is 11.3 Å². The van der Waals surface area contributed by atoms with E-state index in [4.69, 9.17) is 5.11 Å². The Hall–Kier alpha value is -2.30. The van der Waals surface area contributed by atoms with Crippen LogP contribution in [0.25, 0.3) is 11.3 Å². The first-order valence-corrected chi connectivity index (χ1v) is 4.65. The van der Waals surface area contributed by atoms with Crippen molar-refractivity contribution in [2.75, 3.05) is 0 Å². The van der Waals surface area contributed by atoms with E-state index in [0.29, 0.717) is 16.8 Å². The van der Waals surface area contributed by atoms with Crippen molar-refractivity contribution in [3.63, 3.8) is 0 Å². The van der Waals surface area contributed by atoms with Crippen molar-refractivity contribution >= 4 is 5.97 Å². The molecule has 0 saturated carbocycles. The van der Waals surface area contributed by atoms with Gasteiger partial charge in [0.15, 0.2) is 0 Å². The second-order valence-corrected chi connectivity index (χ2v) is 3.46. The number of hydrogen-bond acceptors (Lipinski definition) is 3. The molecule has 0 aliphatic carbocycles. The highest BCUT2D eigenvalue weighted by molar-refractivity contribution is 5.93. The Balaban J connectivity index is 2.62. The first-order valence-electron chi connectivity index (χ1n) is 4.65. The average Bonchev–Trinajstić information content (AvgIpc) is 2.74. The van der Waals surface area contributed by atoms with Gasteiger partial charge in [-0.05, 0) is 24.6 Å². The second-order valence-electron chi connectivity index (χ2n) is 3.46. The highest BCUT2D eigenvalue weighted by atomic mass is 16.4. The minimum absolute atomic E-state index is 0.107. The molecule has 1 heterocycles. The van der Waals surface area contributed by atoms with Crippen LogP contribution < -0.4 is 0 Å². The van der Waals surface area contributed by atoms with E-state index >= 15 is 0 Å². The van der Waals surface area contributed by atoms with E-state index < -0.39 is 5.97 Å². The third-order valence-electron chi connectivity index (χ3n) is 2.34. The maximum atomic E-state index is 10.9. The molecule has 2 aromatic rings. The molecule has 1 aromatic heterocycles. The molecule has 1 aromatic carbocycles. The third kappa shape index (κ3) is 1.63. The van der Waals surface area contributed by atoms with Crippen molar-refractivity contribution in [1.82, 2.24) is 9.97 Å². The van der Waals surface area contributed by atoms with Crippen LogP contribution in [0.1, 0.15) is 15.9 Å². The largest absolute Gasteiger partial charge is 0.507 e. The molecule has 82 valence electrons. The standard InChI is InChI=1S/C11H10N2O3/c1-6-2-7(9-4-12-5-13-9)3-8(10(6)14)11(15)16/h2-5,14H,1H3,(H,12,13)(H,15,16). The predicted molar refractivity (Wildman–Crippen MR) is 57.4 cm³/mol. The first kappa shape index (κ1) is 10.2. The van der Waals surface area contributed by atoms with E-state index in [9.17, 15) is 9.90 Å². The van der Waals surface area contributed by atoms with Crippen LogP contribution in [0.2, 0.25) is 0 Å². The van der Waals surface area contributed by atoms with Crippen molar-refractivity contribution in [2.45, 2.75) is 6.92 Å². The summed E-state index contributed by atoms with van der Waals surface area (Å²) in [5.74, 6) is -1.35. The number of benzene rings is 1. The minimum Gasteiger partial charge on any atom is -0.507 e. The number of phenols is 1. The lowest BCUT2D eigenvalue weighted by molar-refractivity contribution is 0.0693. The fourth-order valence-corrected chi connectivity index (χ4v) is 1.51. The number of aromatic hydroxyl groups is 1. The predicted octanol–water partition coefficient (Wildman–Crippen LogP) is 1.79. The van der Waals surface area contributed by atoms with Crippen LogP contribution in [0.4, 0.5) is 0 Å². The number of imidazole rings is 1. The molecule has 0 saturated heterocycles. The number of carboxylic acids is 1. The highest BCUT2D eigenvalue weighted by Crippen LogP contribution is 2.28. The van der Waals surface area contributed by atoms with Gasteiger partial charge in [0.1, 0.15) is 11.3 Å². The Morgan fingerprint density at radius 3 is 2.75 bits per heavy atom. The number of aromatic nitrogens is 2. The number of nitrogens with one attached hydrogen (secondary N) is 1. The number of aryl methyl sites for hydroxylation is 1. The number of aromatic carboxylic acids is 1. The Morgan fingerprint density at radius 1 is 1.44 bits per heavy atom. The number of nitrogens with zero attached hydrogens (tertiary/aromatic N) is 1. The van der Waals surface area contributed by atoms with Gasteiger partial charge < -0.3 is 15.2 Å². The molecule has 5 heteroatoms. The first-order chi connectivity index (χ1) is 7.59. The Morgan fingerprint density at radius 2 is 2.19 bits per heavy atom. The van der Waals surface area contributed by atoms with Gasteiger partial charge in [0.25, 0.3) is 0 Å². The molecule has 0 amide bonds. The number of hydrogen-bond donors (Lipinski definition) is 3. The maximum absolute atomic E-state index is 10.9. The van der Waals surface area contributed by atoms with Gasteiger partial charge in [0.05, 0.1) is 18.2 Å². The summed E-state index contributed by atoms with van der Waals surface area (Å²) in [4.78, 5) is 17.7. The molecule has 0 radical (unpaired) electrons. The third-order valence-corrected chi connectivity index (χ3v) is 2.34. The molecule has 5 nitrogen and oxygen atoms in total. The molecule has 0 aliphatic heterocycles. The van der Waals surface area contributed by atoms with Crippen LogP contribution in [0.5, 0.6) is 5.75 Å². The van der Waals surface area contributed by atoms with E-state index in [0.717, 1.165) is 0 Å². The van der Waals surface area contributed by atoms with Crippen molar-refractivity contribution in [1.29, 1.82) is 0 Å². The van der Waals surface area contributed by atoms with E-state index in [1.807, 2.05) is 0 Å². The van der Waals surface area contributed by atoms with Gasteiger partial charge in [0, 0.05) is 5.56 Å². The van der Waals surface area contributed by atoms with E-state index in [2.05, 4.69) is 9.97 Å². The molecule has 2 rings (SSSR count). The van der Waals surface area contributed by atoms with Crippen molar-refractivity contribution in [3.05, 3.63) is 35.8 Å². The lowest BCUT2D eigenvalue weighted by atomic mass is 10.0. The molecular formula is C11H10N2O3. The molecule has 0 bridgehead atoms. The molecule has 0 spiro atoms. The number of carbonyl (C=O) groups is 1. The maximum Gasteiger partial charge on any atom is 0.339 e. The fraction of sp³-hybridized carbons (Fsp3) is 0.0909. The number of H-pyrrole nitrogens is 1. The van der Waals surface area contributed by atoms with Gasteiger partial charge in [-0.15, -0.1) is 0 Å². The smallest absolute Gasteiger partial charge is 0.339 e. The molecule has 0 fully saturated rings. The summed E-state index contributed by atoms with van der Waals surface area (Å²) in [5, 5.41) is 18.5. The van der Waals surface area contributed by atoms with Crippen LogP contribution in [-0.4, -0.2) is 26.2 Å². The lowest BCUT2D eigenvalue weighted by Crippen LogP contribution is -1.98. The second kappa shape index (κ2) is 3.69.